The van der Waals surface area contributed by atoms with Gasteiger partial charge in [0.25, 0.3) is 0 Å². The van der Waals surface area contributed by atoms with Crippen LogP contribution in [0.5, 0.6) is 0 Å². The third kappa shape index (κ3) is 2.99. The number of pyridine rings is 1. The molecule has 1 aromatic heterocycles. The molecule has 0 aliphatic rings. The molecule has 0 aliphatic carbocycles. The first-order valence-corrected chi connectivity index (χ1v) is 4.47. The third-order valence-corrected chi connectivity index (χ3v) is 1.82. The Morgan fingerprint density at radius 1 is 1.46 bits per heavy atom. The van der Waals surface area contributed by atoms with E-state index in [1.165, 1.54) is 5.57 Å². The fourth-order valence-corrected chi connectivity index (χ4v) is 1.21. The summed E-state index contributed by atoms with van der Waals surface area (Å²) in [5, 5.41) is 3.21. The monoisotopic (exact) mass is 176 g/mol. The zero-order chi connectivity index (χ0) is 9.68. The highest BCUT2D eigenvalue weighted by Gasteiger charge is 2.05. The summed E-state index contributed by atoms with van der Waals surface area (Å²) in [5.74, 6) is 0. The predicted octanol–water partition coefficient (Wildman–Crippen LogP) is 2.31. The van der Waals surface area contributed by atoms with Crippen molar-refractivity contribution in [2.45, 2.75) is 19.9 Å². The van der Waals surface area contributed by atoms with Crippen LogP contribution in [0.2, 0.25) is 0 Å². The molecule has 1 aromatic rings. The van der Waals surface area contributed by atoms with Crippen LogP contribution >= 0.6 is 0 Å². The smallest absolute Gasteiger partial charge is 0.0681 e. The lowest BCUT2D eigenvalue weighted by Gasteiger charge is -2.11. The Balaban J connectivity index is 2.85. The molecule has 70 valence electrons. The normalized spacial score (nSPS) is 12.2. The van der Waals surface area contributed by atoms with E-state index < -0.39 is 0 Å². The lowest BCUT2D eigenvalue weighted by atomic mass is 10.1. The maximum absolute atomic E-state index is 4.30. The molecule has 0 fully saturated rings. The number of rotatable bonds is 3. The van der Waals surface area contributed by atoms with Gasteiger partial charge in [-0.3, -0.25) is 4.98 Å². The minimum Gasteiger partial charge on any atom is -0.309 e. The second kappa shape index (κ2) is 4.77. The number of aromatic nitrogens is 1. The summed E-state index contributed by atoms with van der Waals surface area (Å²) in [6.45, 7) is 4.18. The molecule has 0 spiro atoms. The highest BCUT2D eigenvalue weighted by molar-refractivity contribution is 5.16. The van der Waals surface area contributed by atoms with E-state index in [4.69, 9.17) is 0 Å². The van der Waals surface area contributed by atoms with E-state index in [9.17, 15) is 0 Å². The van der Waals surface area contributed by atoms with Gasteiger partial charge in [0, 0.05) is 6.20 Å². The Labute approximate surface area is 79.7 Å². The van der Waals surface area contributed by atoms with Gasteiger partial charge < -0.3 is 5.32 Å². The zero-order valence-electron chi connectivity index (χ0n) is 8.41. The largest absolute Gasteiger partial charge is 0.309 e. The van der Waals surface area contributed by atoms with Crippen molar-refractivity contribution in [2.24, 2.45) is 0 Å². The van der Waals surface area contributed by atoms with Crippen molar-refractivity contribution in [1.82, 2.24) is 10.3 Å². The van der Waals surface area contributed by atoms with Crippen molar-refractivity contribution in [3.05, 3.63) is 41.7 Å². The Morgan fingerprint density at radius 3 is 2.69 bits per heavy atom. The summed E-state index contributed by atoms with van der Waals surface area (Å²) in [4.78, 5) is 4.30. The van der Waals surface area contributed by atoms with Crippen LogP contribution in [0.1, 0.15) is 25.6 Å². The van der Waals surface area contributed by atoms with Crippen molar-refractivity contribution in [1.29, 1.82) is 0 Å². The molecule has 0 saturated heterocycles. The molecule has 1 unspecified atom stereocenters. The van der Waals surface area contributed by atoms with E-state index in [-0.39, 0.29) is 6.04 Å². The van der Waals surface area contributed by atoms with Crippen LogP contribution in [0, 0.1) is 0 Å². The Morgan fingerprint density at radius 2 is 2.23 bits per heavy atom. The van der Waals surface area contributed by atoms with Crippen molar-refractivity contribution >= 4 is 0 Å². The minimum absolute atomic E-state index is 0.228. The lowest BCUT2D eigenvalue weighted by Crippen LogP contribution is -2.15. The van der Waals surface area contributed by atoms with E-state index in [2.05, 4.69) is 30.2 Å². The van der Waals surface area contributed by atoms with E-state index in [0.717, 1.165) is 5.69 Å². The summed E-state index contributed by atoms with van der Waals surface area (Å²) in [7, 11) is 1.94. The van der Waals surface area contributed by atoms with Crippen LogP contribution in [0.3, 0.4) is 0 Å². The topological polar surface area (TPSA) is 24.9 Å². The van der Waals surface area contributed by atoms with Gasteiger partial charge in [0.15, 0.2) is 0 Å². The van der Waals surface area contributed by atoms with Gasteiger partial charge in [-0.2, -0.15) is 0 Å². The molecule has 13 heavy (non-hydrogen) atoms. The predicted molar refractivity (Wildman–Crippen MR) is 55.5 cm³/mol. The number of hydrogen-bond donors (Lipinski definition) is 1. The number of likely N-dealkylation sites (N-methyl/N-ethyl adjacent to an activating group) is 1. The molecule has 2 nitrogen and oxygen atoms in total. The standard InChI is InChI=1S/C11H16N2/c1-9(2)8-11(12-3)10-6-4-5-7-13-10/h4-8,11-12H,1-3H3. The molecule has 1 heterocycles. The van der Waals surface area contributed by atoms with Crippen LogP contribution in [-0.2, 0) is 0 Å². The second-order valence-electron chi connectivity index (χ2n) is 3.26. The molecule has 0 aliphatic heterocycles. The maximum Gasteiger partial charge on any atom is 0.0681 e. The average molecular weight is 176 g/mol. The highest BCUT2D eigenvalue weighted by Crippen LogP contribution is 2.12. The van der Waals surface area contributed by atoms with Gasteiger partial charge in [0.1, 0.15) is 0 Å². The van der Waals surface area contributed by atoms with Crippen LogP contribution in [0.25, 0.3) is 0 Å². The molecular weight excluding hydrogens is 160 g/mol. The second-order valence-corrected chi connectivity index (χ2v) is 3.26. The van der Waals surface area contributed by atoms with Gasteiger partial charge >= 0.3 is 0 Å². The molecule has 0 aromatic carbocycles. The third-order valence-electron chi connectivity index (χ3n) is 1.82. The molecule has 2 heteroatoms. The molecule has 1 N–H and O–H groups in total. The van der Waals surface area contributed by atoms with Crippen LogP contribution in [0.15, 0.2) is 36.0 Å². The van der Waals surface area contributed by atoms with E-state index in [0.29, 0.717) is 0 Å². The number of nitrogens with zero attached hydrogens (tertiary/aromatic N) is 1. The average Bonchev–Trinajstić information content (AvgIpc) is 2.15. The van der Waals surface area contributed by atoms with Crippen molar-refractivity contribution in [3.63, 3.8) is 0 Å². The Bertz CT molecular complexity index is 273. The SMILES string of the molecule is CNC(C=C(C)C)c1ccccn1. The van der Waals surface area contributed by atoms with Crippen LogP contribution in [0.4, 0.5) is 0 Å². The molecule has 1 rings (SSSR count). The first kappa shape index (κ1) is 9.93. The van der Waals surface area contributed by atoms with Crippen molar-refractivity contribution in [3.8, 4) is 0 Å². The quantitative estimate of drug-likeness (QED) is 0.715. The zero-order valence-corrected chi connectivity index (χ0v) is 8.41. The van der Waals surface area contributed by atoms with E-state index in [1.807, 2.05) is 31.4 Å². The van der Waals surface area contributed by atoms with Crippen molar-refractivity contribution < 1.29 is 0 Å². The first-order chi connectivity index (χ1) is 6.24. The molecule has 1 atom stereocenters. The molecule has 0 saturated carbocycles. The van der Waals surface area contributed by atoms with Crippen LogP contribution in [-0.4, -0.2) is 12.0 Å². The van der Waals surface area contributed by atoms with Crippen molar-refractivity contribution in [2.75, 3.05) is 7.05 Å². The number of nitrogens with one attached hydrogen (secondary N) is 1. The summed E-state index contributed by atoms with van der Waals surface area (Å²) < 4.78 is 0. The van der Waals surface area contributed by atoms with E-state index >= 15 is 0 Å². The fraction of sp³-hybridized carbons (Fsp3) is 0.364. The van der Waals surface area contributed by atoms with Gasteiger partial charge in [-0.05, 0) is 33.0 Å². The summed E-state index contributed by atoms with van der Waals surface area (Å²) >= 11 is 0. The van der Waals surface area contributed by atoms with Gasteiger partial charge in [-0.1, -0.05) is 17.7 Å². The molecular formula is C11H16N2. The van der Waals surface area contributed by atoms with Gasteiger partial charge in [0.05, 0.1) is 11.7 Å². The van der Waals surface area contributed by atoms with Gasteiger partial charge in [-0.25, -0.2) is 0 Å². The fourth-order valence-electron chi connectivity index (χ4n) is 1.21. The summed E-state index contributed by atoms with van der Waals surface area (Å²) in [5.41, 5.74) is 2.36. The van der Waals surface area contributed by atoms with E-state index in [1.54, 1.807) is 0 Å². The minimum atomic E-state index is 0.228. The van der Waals surface area contributed by atoms with Gasteiger partial charge in [-0.15, -0.1) is 0 Å². The lowest BCUT2D eigenvalue weighted by molar-refractivity contribution is 0.688. The van der Waals surface area contributed by atoms with Gasteiger partial charge in [0.2, 0.25) is 0 Å². The summed E-state index contributed by atoms with van der Waals surface area (Å²) in [6.07, 6.45) is 3.99. The number of hydrogen-bond acceptors (Lipinski definition) is 2. The molecule has 0 bridgehead atoms. The Kier molecular flexibility index (Phi) is 3.65. The summed E-state index contributed by atoms with van der Waals surface area (Å²) in [6, 6.07) is 6.19. The first-order valence-electron chi connectivity index (χ1n) is 4.47. The Hall–Kier alpha value is -1.15. The maximum atomic E-state index is 4.30. The van der Waals surface area contributed by atoms with Crippen LogP contribution < -0.4 is 5.32 Å². The number of allylic oxidation sites excluding steroid dienone is 1. The highest BCUT2D eigenvalue weighted by atomic mass is 14.9. The molecule has 0 amide bonds. The molecule has 0 radical (unpaired) electrons.